The molecule has 1 aliphatic carbocycles. The molecule has 28 heavy (non-hydrogen) atoms. The number of nitrogens with one attached hydrogen (secondary N) is 1. The van der Waals surface area contributed by atoms with Gasteiger partial charge in [-0.1, -0.05) is 36.4 Å². The fraction of sp³-hybridized carbons (Fsp3) is 0.478. The van der Waals surface area contributed by atoms with Crippen LogP contribution in [0.1, 0.15) is 35.6 Å². The van der Waals surface area contributed by atoms with E-state index >= 15 is 0 Å². The monoisotopic (exact) mass is 380 g/mol. The largest absolute Gasteiger partial charge is 0.486 e. The Labute approximate surface area is 166 Å². The maximum atomic E-state index is 10.6. The van der Waals surface area contributed by atoms with Crippen molar-refractivity contribution in [1.29, 1.82) is 0 Å². The Bertz CT molecular complexity index is 832. The highest BCUT2D eigenvalue weighted by Crippen LogP contribution is 2.35. The number of piperidine rings is 1. The lowest BCUT2D eigenvalue weighted by atomic mass is 10.0. The molecule has 0 spiro atoms. The van der Waals surface area contributed by atoms with E-state index in [-0.39, 0.29) is 12.1 Å². The maximum Gasteiger partial charge on any atom is 0.165 e. The highest BCUT2D eigenvalue weighted by atomic mass is 16.6. The van der Waals surface area contributed by atoms with Gasteiger partial charge in [0.25, 0.3) is 0 Å². The number of benzene rings is 2. The number of aliphatic hydroxyl groups excluding tert-OH is 1. The molecule has 2 aromatic rings. The number of hydrogen-bond donors (Lipinski definition) is 2. The van der Waals surface area contributed by atoms with E-state index in [1.54, 1.807) is 0 Å². The van der Waals surface area contributed by atoms with Crippen LogP contribution in [0.25, 0.3) is 0 Å². The zero-order chi connectivity index (χ0) is 18.9. The SMILES string of the molecule is OC1c2ccccc2CC1NC1CCN(Cc2cccc3c2OCCO3)CC1. The molecule has 0 radical (unpaired) electrons. The van der Waals surface area contributed by atoms with Gasteiger partial charge in [-0.15, -0.1) is 0 Å². The van der Waals surface area contributed by atoms with E-state index in [1.807, 2.05) is 12.1 Å². The molecule has 0 aromatic heterocycles. The van der Waals surface area contributed by atoms with Crippen LogP contribution in [0.5, 0.6) is 11.5 Å². The van der Waals surface area contributed by atoms with Gasteiger partial charge in [-0.25, -0.2) is 0 Å². The van der Waals surface area contributed by atoms with Gasteiger partial charge in [-0.3, -0.25) is 4.90 Å². The molecule has 1 saturated heterocycles. The third-order valence-electron chi connectivity index (χ3n) is 6.27. The summed E-state index contributed by atoms with van der Waals surface area (Å²) in [5.41, 5.74) is 3.58. The summed E-state index contributed by atoms with van der Waals surface area (Å²) >= 11 is 0. The van der Waals surface area contributed by atoms with Crippen LogP contribution < -0.4 is 14.8 Å². The molecule has 148 valence electrons. The normalized spacial score (nSPS) is 24.9. The summed E-state index contributed by atoms with van der Waals surface area (Å²) in [6.07, 6.45) is 2.74. The molecule has 1 fully saturated rings. The average molecular weight is 380 g/mol. The van der Waals surface area contributed by atoms with E-state index in [1.165, 1.54) is 11.1 Å². The first-order valence-corrected chi connectivity index (χ1v) is 10.4. The average Bonchev–Trinajstić information content (AvgIpc) is 3.05. The molecular weight excluding hydrogens is 352 g/mol. The van der Waals surface area contributed by atoms with Gasteiger partial charge in [0, 0.05) is 24.2 Å². The maximum absolute atomic E-state index is 10.6. The summed E-state index contributed by atoms with van der Waals surface area (Å²) in [5, 5.41) is 14.4. The zero-order valence-corrected chi connectivity index (χ0v) is 16.1. The molecule has 2 N–H and O–H groups in total. The minimum absolute atomic E-state index is 0.139. The molecule has 5 nitrogen and oxygen atoms in total. The van der Waals surface area contributed by atoms with Crippen molar-refractivity contribution < 1.29 is 14.6 Å². The number of fused-ring (bicyclic) bond motifs is 2. The van der Waals surface area contributed by atoms with Gasteiger partial charge in [0.15, 0.2) is 11.5 Å². The van der Waals surface area contributed by atoms with Gasteiger partial charge in [-0.2, -0.15) is 0 Å². The highest BCUT2D eigenvalue weighted by molar-refractivity contribution is 5.47. The Morgan fingerprint density at radius 3 is 2.68 bits per heavy atom. The molecule has 0 saturated carbocycles. The van der Waals surface area contributed by atoms with Crippen LogP contribution in [-0.4, -0.2) is 48.4 Å². The van der Waals surface area contributed by atoms with E-state index in [0.717, 1.165) is 56.0 Å². The Morgan fingerprint density at radius 2 is 1.82 bits per heavy atom. The molecule has 2 unspecified atom stereocenters. The van der Waals surface area contributed by atoms with Crippen LogP contribution >= 0.6 is 0 Å². The van der Waals surface area contributed by atoms with Crippen molar-refractivity contribution >= 4 is 0 Å². The zero-order valence-electron chi connectivity index (χ0n) is 16.1. The fourth-order valence-corrected chi connectivity index (χ4v) is 4.78. The van der Waals surface area contributed by atoms with Gasteiger partial charge in [0.1, 0.15) is 13.2 Å². The third kappa shape index (κ3) is 3.50. The molecule has 2 atom stereocenters. The molecule has 3 aliphatic rings. The molecule has 2 aromatic carbocycles. The molecule has 2 heterocycles. The quantitative estimate of drug-likeness (QED) is 0.854. The minimum Gasteiger partial charge on any atom is -0.486 e. The van der Waals surface area contributed by atoms with Crippen LogP contribution in [-0.2, 0) is 13.0 Å². The van der Waals surface area contributed by atoms with Gasteiger partial charge < -0.3 is 19.9 Å². The van der Waals surface area contributed by atoms with E-state index < -0.39 is 0 Å². The number of rotatable bonds is 4. The summed E-state index contributed by atoms with van der Waals surface area (Å²) < 4.78 is 11.6. The first-order valence-electron chi connectivity index (χ1n) is 10.4. The number of nitrogens with zero attached hydrogens (tertiary/aromatic N) is 1. The Hall–Kier alpha value is -2.08. The summed E-state index contributed by atoms with van der Waals surface area (Å²) in [6.45, 7) is 4.26. The van der Waals surface area contributed by atoms with E-state index in [2.05, 4.69) is 40.5 Å². The number of ether oxygens (including phenoxy) is 2. The second-order valence-electron chi connectivity index (χ2n) is 8.11. The first kappa shape index (κ1) is 18.0. The first-order chi connectivity index (χ1) is 13.8. The summed E-state index contributed by atoms with van der Waals surface area (Å²) in [5.74, 6) is 1.79. The Kier molecular flexibility index (Phi) is 4.97. The van der Waals surface area contributed by atoms with Crippen molar-refractivity contribution in [2.24, 2.45) is 0 Å². The van der Waals surface area contributed by atoms with Gasteiger partial charge >= 0.3 is 0 Å². The summed E-state index contributed by atoms with van der Waals surface area (Å²) in [7, 11) is 0. The second kappa shape index (κ2) is 7.74. The molecule has 0 amide bonds. The fourth-order valence-electron chi connectivity index (χ4n) is 4.78. The van der Waals surface area contributed by atoms with Crippen molar-refractivity contribution in [3.8, 4) is 11.5 Å². The topological polar surface area (TPSA) is 54.0 Å². The predicted molar refractivity (Wildman–Crippen MR) is 108 cm³/mol. The Balaban J connectivity index is 1.16. The number of para-hydroxylation sites is 1. The lowest BCUT2D eigenvalue weighted by Crippen LogP contribution is -2.47. The van der Waals surface area contributed by atoms with E-state index in [4.69, 9.17) is 9.47 Å². The highest BCUT2D eigenvalue weighted by Gasteiger charge is 2.33. The van der Waals surface area contributed by atoms with Crippen LogP contribution in [0.4, 0.5) is 0 Å². The number of hydrogen-bond acceptors (Lipinski definition) is 5. The predicted octanol–water partition coefficient (Wildman–Crippen LogP) is 2.67. The summed E-state index contributed by atoms with van der Waals surface area (Å²) in [4.78, 5) is 2.49. The van der Waals surface area contributed by atoms with Crippen molar-refractivity contribution in [2.45, 2.75) is 44.0 Å². The molecule has 5 heteroatoms. The van der Waals surface area contributed by atoms with Crippen LogP contribution in [0.15, 0.2) is 42.5 Å². The van der Waals surface area contributed by atoms with Crippen molar-refractivity contribution in [3.05, 3.63) is 59.2 Å². The van der Waals surface area contributed by atoms with Gasteiger partial charge in [0.2, 0.25) is 0 Å². The van der Waals surface area contributed by atoms with Crippen LogP contribution in [0, 0.1) is 0 Å². The molecule has 0 bridgehead atoms. The van der Waals surface area contributed by atoms with Gasteiger partial charge in [-0.05, 0) is 49.5 Å². The van der Waals surface area contributed by atoms with Crippen molar-refractivity contribution in [1.82, 2.24) is 10.2 Å². The lowest BCUT2D eigenvalue weighted by Gasteiger charge is -2.35. The van der Waals surface area contributed by atoms with Crippen molar-refractivity contribution in [3.63, 3.8) is 0 Å². The van der Waals surface area contributed by atoms with E-state index in [9.17, 15) is 5.11 Å². The molecular formula is C23H28N2O3. The Morgan fingerprint density at radius 1 is 1.00 bits per heavy atom. The second-order valence-corrected chi connectivity index (χ2v) is 8.11. The number of likely N-dealkylation sites (tertiary alicyclic amines) is 1. The third-order valence-corrected chi connectivity index (χ3v) is 6.27. The molecule has 5 rings (SSSR count). The van der Waals surface area contributed by atoms with Crippen LogP contribution in [0.2, 0.25) is 0 Å². The smallest absolute Gasteiger partial charge is 0.165 e. The van der Waals surface area contributed by atoms with Crippen LogP contribution in [0.3, 0.4) is 0 Å². The number of aliphatic hydroxyl groups is 1. The van der Waals surface area contributed by atoms with E-state index in [0.29, 0.717) is 19.3 Å². The van der Waals surface area contributed by atoms with Crippen molar-refractivity contribution in [2.75, 3.05) is 26.3 Å². The van der Waals surface area contributed by atoms with Gasteiger partial charge in [0.05, 0.1) is 6.10 Å². The minimum atomic E-state index is -0.387. The lowest BCUT2D eigenvalue weighted by molar-refractivity contribution is 0.117. The molecule has 2 aliphatic heterocycles. The standard InChI is InChI=1S/C23H28N2O3/c26-22-19-6-2-1-4-16(19)14-20(22)24-18-8-10-25(11-9-18)15-17-5-3-7-21-23(17)28-13-12-27-21/h1-7,18,20,22,24,26H,8-15H2. The summed E-state index contributed by atoms with van der Waals surface area (Å²) in [6, 6.07) is 15.0.